The molecular weight excluding hydrogens is 244 g/mol. The van der Waals surface area contributed by atoms with Gasteiger partial charge < -0.3 is 9.88 Å². The number of anilines is 1. The molecular formula is C13H14N4O2. The summed E-state index contributed by atoms with van der Waals surface area (Å²) in [5.41, 5.74) is 1.67. The summed E-state index contributed by atoms with van der Waals surface area (Å²) in [5, 5.41) is 2.68. The van der Waals surface area contributed by atoms with E-state index in [-0.39, 0.29) is 18.4 Å². The van der Waals surface area contributed by atoms with Gasteiger partial charge >= 0.3 is 0 Å². The van der Waals surface area contributed by atoms with Crippen molar-refractivity contribution in [1.29, 1.82) is 0 Å². The number of rotatable bonds is 3. The lowest BCUT2D eigenvalue weighted by Gasteiger charge is -2.13. The van der Waals surface area contributed by atoms with Gasteiger partial charge in [-0.15, -0.1) is 0 Å². The van der Waals surface area contributed by atoms with Crippen molar-refractivity contribution in [3.05, 3.63) is 24.3 Å². The van der Waals surface area contributed by atoms with E-state index in [1.54, 1.807) is 4.90 Å². The molecule has 1 aliphatic rings. The first-order chi connectivity index (χ1) is 9.22. The SMILES string of the molecule is O=C(CN1CCCC1=O)Nc1nc2ccccc2[nH]1. The highest BCUT2D eigenvalue weighted by Gasteiger charge is 2.22. The van der Waals surface area contributed by atoms with Crippen LogP contribution in [0.1, 0.15) is 12.8 Å². The molecule has 0 atom stereocenters. The standard InChI is InChI=1S/C13H14N4O2/c18-11(8-17-7-3-6-12(17)19)16-13-14-9-4-1-2-5-10(9)15-13/h1-2,4-5H,3,6-8H2,(H2,14,15,16,18). The zero-order valence-electron chi connectivity index (χ0n) is 10.3. The lowest BCUT2D eigenvalue weighted by molar-refractivity contribution is -0.131. The Kier molecular flexibility index (Phi) is 2.91. The number of para-hydroxylation sites is 2. The van der Waals surface area contributed by atoms with Gasteiger partial charge in [-0.05, 0) is 18.6 Å². The predicted molar refractivity (Wildman–Crippen MR) is 70.5 cm³/mol. The van der Waals surface area contributed by atoms with E-state index in [0.717, 1.165) is 17.5 Å². The number of aromatic amines is 1. The predicted octanol–water partition coefficient (Wildman–Crippen LogP) is 1.12. The summed E-state index contributed by atoms with van der Waals surface area (Å²) in [4.78, 5) is 32.1. The first-order valence-corrected chi connectivity index (χ1v) is 6.25. The topological polar surface area (TPSA) is 78.1 Å². The Bertz CT molecular complexity index is 601. The monoisotopic (exact) mass is 258 g/mol. The van der Waals surface area contributed by atoms with Crippen LogP contribution < -0.4 is 5.32 Å². The molecule has 98 valence electrons. The van der Waals surface area contributed by atoms with Crippen LogP contribution >= 0.6 is 0 Å². The van der Waals surface area contributed by atoms with E-state index in [1.807, 2.05) is 24.3 Å². The summed E-state index contributed by atoms with van der Waals surface area (Å²) >= 11 is 0. The Morgan fingerprint density at radius 3 is 3.00 bits per heavy atom. The fraction of sp³-hybridized carbons (Fsp3) is 0.308. The highest BCUT2D eigenvalue weighted by atomic mass is 16.2. The summed E-state index contributed by atoms with van der Waals surface area (Å²) in [7, 11) is 0. The molecule has 1 fully saturated rings. The van der Waals surface area contributed by atoms with Crippen molar-refractivity contribution in [2.45, 2.75) is 12.8 Å². The smallest absolute Gasteiger partial charge is 0.246 e. The third kappa shape index (κ3) is 2.42. The summed E-state index contributed by atoms with van der Waals surface area (Å²) in [6.45, 7) is 0.752. The molecule has 1 aromatic carbocycles. The number of carbonyl (C=O) groups is 2. The minimum Gasteiger partial charge on any atom is -0.333 e. The van der Waals surface area contributed by atoms with Crippen molar-refractivity contribution < 1.29 is 9.59 Å². The molecule has 2 amide bonds. The van der Waals surface area contributed by atoms with Gasteiger partial charge in [-0.25, -0.2) is 4.98 Å². The molecule has 1 saturated heterocycles. The summed E-state index contributed by atoms with van der Waals surface area (Å²) in [6, 6.07) is 7.54. The van der Waals surface area contributed by atoms with E-state index in [1.165, 1.54) is 0 Å². The quantitative estimate of drug-likeness (QED) is 0.866. The Morgan fingerprint density at radius 2 is 2.26 bits per heavy atom. The van der Waals surface area contributed by atoms with Crippen molar-refractivity contribution in [2.24, 2.45) is 0 Å². The molecule has 6 nitrogen and oxygen atoms in total. The zero-order chi connectivity index (χ0) is 13.2. The lowest BCUT2D eigenvalue weighted by atomic mass is 10.3. The number of hydrogen-bond acceptors (Lipinski definition) is 3. The van der Waals surface area contributed by atoms with Crippen LogP contribution in [0.2, 0.25) is 0 Å². The molecule has 0 unspecified atom stereocenters. The Morgan fingerprint density at radius 1 is 1.42 bits per heavy atom. The number of carbonyl (C=O) groups excluding carboxylic acids is 2. The second kappa shape index (κ2) is 4.72. The molecule has 0 spiro atoms. The van der Waals surface area contributed by atoms with E-state index in [4.69, 9.17) is 0 Å². The van der Waals surface area contributed by atoms with Crippen LogP contribution in [0.25, 0.3) is 11.0 Å². The lowest BCUT2D eigenvalue weighted by Crippen LogP contribution is -2.34. The van der Waals surface area contributed by atoms with Crippen molar-refractivity contribution in [1.82, 2.24) is 14.9 Å². The summed E-state index contributed by atoms with van der Waals surface area (Å²) in [6.07, 6.45) is 1.37. The van der Waals surface area contributed by atoms with Gasteiger partial charge in [-0.1, -0.05) is 12.1 Å². The van der Waals surface area contributed by atoms with Crippen molar-refractivity contribution in [3.8, 4) is 0 Å². The van der Waals surface area contributed by atoms with Gasteiger partial charge in [0.1, 0.15) is 0 Å². The molecule has 0 saturated carbocycles. The number of nitrogens with one attached hydrogen (secondary N) is 2. The number of nitrogens with zero attached hydrogens (tertiary/aromatic N) is 2. The fourth-order valence-electron chi connectivity index (χ4n) is 2.23. The van der Waals surface area contributed by atoms with Crippen LogP contribution in [0.3, 0.4) is 0 Å². The average molecular weight is 258 g/mol. The van der Waals surface area contributed by atoms with Gasteiger partial charge in [0.05, 0.1) is 17.6 Å². The summed E-state index contributed by atoms with van der Waals surface area (Å²) < 4.78 is 0. The average Bonchev–Trinajstić information content (AvgIpc) is 2.95. The molecule has 6 heteroatoms. The van der Waals surface area contributed by atoms with Crippen LogP contribution in [0.5, 0.6) is 0 Å². The second-order valence-electron chi connectivity index (χ2n) is 4.57. The molecule has 0 bridgehead atoms. The second-order valence-corrected chi connectivity index (χ2v) is 4.57. The number of H-pyrrole nitrogens is 1. The zero-order valence-corrected chi connectivity index (χ0v) is 10.3. The number of amides is 2. The maximum absolute atomic E-state index is 11.8. The van der Waals surface area contributed by atoms with E-state index in [9.17, 15) is 9.59 Å². The van der Waals surface area contributed by atoms with Gasteiger partial charge in [-0.2, -0.15) is 0 Å². The number of aromatic nitrogens is 2. The van der Waals surface area contributed by atoms with Crippen molar-refractivity contribution >= 4 is 28.8 Å². The minimum absolute atomic E-state index is 0.0414. The highest BCUT2D eigenvalue weighted by Crippen LogP contribution is 2.14. The number of fused-ring (bicyclic) bond motifs is 1. The number of imidazole rings is 1. The number of likely N-dealkylation sites (tertiary alicyclic amines) is 1. The number of benzene rings is 1. The highest BCUT2D eigenvalue weighted by molar-refractivity contribution is 5.94. The molecule has 1 aromatic heterocycles. The molecule has 2 N–H and O–H groups in total. The third-order valence-corrected chi connectivity index (χ3v) is 3.15. The van der Waals surface area contributed by atoms with Gasteiger partial charge in [0.2, 0.25) is 17.8 Å². The molecule has 19 heavy (non-hydrogen) atoms. The van der Waals surface area contributed by atoms with Gasteiger partial charge in [0, 0.05) is 13.0 Å². The first-order valence-electron chi connectivity index (χ1n) is 6.25. The Hall–Kier alpha value is -2.37. The van der Waals surface area contributed by atoms with Crippen LogP contribution in [0, 0.1) is 0 Å². The van der Waals surface area contributed by atoms with Crippen LogP contribution in [0.15, 0.2) is 24.3 Å². The molecule has 2 aromatic rings. The first kappa shape index (κ1) is 11.7. The van der Waals surface area contributed by atoms with Crippen LogP contribution in [0.4, 0.5) is 5.95 Å². The molecule has 3 rings (SSSR count). The summed E-state index contributed by atoms with van der Waals surface area (Å²) in [5.74, 6) is 0.229. The van der Waals surface area contributed by atoms with Crippen LogP contribution in [-0.2, 0) is 9.59 Å². The minimum atomic E-state index is -0.227. The van der Waals surface area contributed by atoms with Gasteiger partial charge in [-0.3, -0.25) is 14.9 Å². The normalized spacial score (nSPS) is 15.2. The molecule has 1 aliphatic heterocycles. The number of hydrogen-bond donors (Lipinski definition) is 2. The maximum atomic E-state index is 11.8. The van der Waals surface area contributed by atoms with E-state index < -0.39 is 0 Å². The van der Waals surface area contributed by atoms with Gasteiger partial charge in [0.15, 0.2) is 0 Å². The van der Waals surface area contributed by atoms with Crippen molar-refractivity contribution in [2.75, 3.05) is 18.4 Å². The van der Waals surface area contributed by atoms with E-state index in [0.29, 0.717) is 18.9 Å². The molecule has 0 radical (unpaired) electrons. The third-order valence-electron chi connectivity index (χ3n) is 3.15. The largest absolute Gasteiger partial charge is 0.333 e. The Balaban J connectivity index is 1.67. The maximum Gasteiger partial charge on any atom is 0.246 e. The van der Waals surface area contributed by atoms with E-state index >= 15 is 0 Å². The van der Waals surface area contributed by atoms with E-state index in [2.05, 4.69) is 15.3 Å². The van der Waals surface area contributed by atoms with Gasteiger partial charge in [0.25, 0.3) is 0 Å². The van der Waals surface area contributed by atoms with Crippen molar-refractivity contribution in [3.63, 3.8) is 0 Å². The Labute approximate surface area is 109 Å². The molecule has 0 aliphatic carbocycles. The molecule has 2 heterocycles. The fourth-order valence-corrected chi connectivity index (χ4v) is 2.23. The van der Waals surface area contributed by atoms with Crippen LogP contribution in [-0.4, -0.2) is 39.8 Å².